The van der Waals surface area contributed by atoms with E-state index in [1.807, 2.05) is 13.0 Å². The third-order valence-corrected chi connectivity index (χ3v) is 4.68. The van der Waals surface area contributed by atoms with Gasteiger partial charge in [-0.05, 0) is 50.4 Å². The molecule has 27 heavy (non-hydrogen) atoms. The van der Waals surface area contributed by atoms with Gasteiger partial charge in [-0.25, -0.2) is 9.97 Å². The topological polar surface area (TPSA) is 114 Å². The summed E-state index contributed by atoms with van der Waals surface area (Å²) in [5.74, 6) is 0.316. The molecule has 0 saturated heterocycles. The molecule has 2 aromatic rings. The molecule has 8 nitrogen and oxygen atoms in total. The van der Waals surface area contributed by atoms with E-state index in [9.17, 15) is 14.9 Å². The van der Waals surface area contributed by atoms with E-state index in [-0.39, 0.29) is 11.6 Å². The molecule has 1 aromatic carbocycles. The van der Waals surface area contributed by atoms with Gasteiger partial charge in [0.2, 0.25) is 5.88 Å². The Bertz CT molecular complexity index is 851. The van der Waals surface area contributed by atoms with Gasteiger partial charge in [0.1, 0.15) is 11.4 Å². The number of amides is 1. The Labute approximate surface area is 157 Å². The molecule has 1 aliphatic rings. The lowest BCUT2D eigenvalue weighted by atomic mass is 9.76. The molecule has 0 saturated carbocycles. The summed E-state index contributed by atoms with van der Waals surface area (Å²) in [6.45, 7) is 7.13. The van der Waals surface area contributed by atoms with Gasteiger partial charge in [0.15, 0.2) is 0 Å². The van der Waals surface area contributed by atoms with E-state index in [0.717, 1.165) is 11.1 Å². The average Bonchev–Trinajstić information content (AvgIpc) is 2.99. The van der Waals surface area contributed by atoms with Crippen molar-refractivity contribution in [3.8, 4) is 11.6 Å². The second kappa shape index (κ2) is 7.26. The number of rotatable bonds is 5. The molecule has 0 spiro atoms. The molecule has 142 valence electrons. The first-order valence-corrected chi connectivity index (χ1v) is 8.62. The van der Waals surface area contributed by atoms with Gasteiger partial charge >= 0.3 is 7.12 Å². The number of benzene rings is 1. The minimum atomic E-state index is -1.05. The largest absolute Gasteiger partial charge is 0.492 e. The molecular formula is C18H22BN3O5. The van der Waals surface area contributed by atoms with Gasteiger partial charge in [0.05, 0.1) is 30.6 Å². The summed E-state index contributed by atoms with van der Waals surface area (Å²) in [6.07, 6.45) is 2.66. The zero-order valence-corrected chi connectivity index (χ0v) is 15.7. The second-order valence-electron chi connectivity index (χ2n) is 7.12. The lowest BCUT2D eigenvalue weighted by molar-refractivity contribution is 0.0407. The van der Waals surface area contributed by atoms with Crippen LogP contribution in [0.3, 0.4) is 0 Å². The van der Waals surface area contributed by atoms with Crippen LogP contribution in [0.4, 0.5) is 0 Å². The normalized spacial score (nSPS) is 14.7. The van der Waals surface area contributed by atoms with Crippen LogP contribution in [0.5, 0.6) is 11.6 Å². The summed E-state index contributed by atoms with van der Waals surface area (Å²) in [5, 5.41) is 22.5. The number of carbonyl (C=O) groups is 1. The molecular weight excluding hydrogens is 349 g/mol. The highest BCUT2D eigenvalue weighted by Gasteiger charge is 2.30. The number of aliphatic hydroxyl groups is 1. The quantitative estimate of drug-likeness (QED) is 0.663. The first kappa shape index (κ1) is 19.3. The number of carbonyl (C=O) groups excluding carboxylic acids is 1. The summed E-state index contributed by atoms with van der Waals surface area (Å²) in [7, 11) is -0.960. The first-order chi connectivity index (χ1) is 12.7. The molecule has 1 aromatic heterocycles. The fraction of sp³-hybridized carbons (Fsp3) is 0.389. The minimum Gasteiger partial charge on any atom is -0.437 e. The Morgan fingerprint density at radius 3 is 2.74 bits per heavy atom. The molecule has 0 bridgehead atoms. The van der Waals surface area contributed by atoms with Crippen LogP contribution in [0.2, 0.25) is 0 Å². The fourth-order valence-electron chi connectivity index (χ4n) is 2.64. The highest BCUT2D eigenvalue weighted by atomic mass is 16.5. The van der Waals surface area contributed by atoms with E-state index in [2.05, 4.69) is 15.3 Å². The maximum atomic E-state index is 12.2. The van der Waals surface area contributed by atoms with Crippen molar-refractivity contribution in [2.75, 3.05) is 0 Å². The van der Waals surface area contributed by atoms with Crippen LogP contribution in [0.15, 0.2) is 24.5 Å². The predicted octanol–water partition coefficient (Wildman–Crippen LogP) is 0.684. The zero-order valence-electron chi connectivity index (χ0n) is 15.7. The van der Waals surface area contributed by atoms with Crippen molar-refractivity contribution in [1.82, 2.24) is 15.3 Å². The highest BCUT2D eigenvalue weighted by Crippen LogP contribution is 2.25. The summed E-state index contributed by atoms with van der Waals surface area (Å²) >= 11 is 0. The van der Waals surface area contributed by atoms with Crippen molar-refractivity contribution >= 4 is 18.5 Å². The van der Waals surface area contributed by atoms with Gasteiger partial charge in [-0.3, -0.25) is 4.79 Å². The zero-order chi connectivity index (χ0) is 19.8. The van der Waals surface area contributed by atoms with Crippen LogP contribution in [0.25, 0.3) is 0 Å². The van der Waals surface area contributed by atoms with Crippen LogP contribution < -0.4 is 15.5 Å². The number of nitrogens with one attached hydrogen (secondary N) is 1. The van der Waals surface area contributed by atoms with Crippen molar-refractivity contribution in [3.05, 3.63) is 41.3 Å². The summed E-state index contributed by atoms with van der Waals surface area (Å²) in [5.41, 5.74) is 1.46. The Hall–Kier alpha value is -2.49. The Morgan fingerprint density at radius 1 is 1.37 bits per heavy atom. The number of aromatic nitrogens is 2. The molecule has 1 amide bonds. The summed E-state index contributed by atoms with van der Waals surface area (Å²) < 4.78 is 11.0. The van der Waals surface area contributed by atoms with Crippen LogP contribution in [-0.4, -0.2) is 44.8 Å². The fourth-order valence-corrected chi connectivity index (χ4v) is 2.64. The van der Waals surface area contributed by atoms with Crippen molar-refractivity contribution in [1.29, 1.82) is 0 Å². The SMILES string of the molecule is Cc1c(Oc2cnc(C(=O)NC(C)C(C)(C)O)cn2)ccc2c1B(O)OC2. The molecule has 2 heterocycles. The van der Waals surface area contributed by atoms with Gasteiger partial charge in [0, 0.05) is 0 Å². The Balaban J connectivity index is 1.72. The lowest BCUT2D eigenvalue weighted by Gasteiger charge is -2.26. The van der Waals surface area contributed by atoms with Crippen molar-refractivity contribution in [2.24, 2.45) is 0 Å². The number of hydrogen-bond acceptors (Lipinski definition) is 7. The molecule has 1 aliphatic heterocycles. The highest BCUT2D eigenvalue weighted by molar-refractivity contribution is 6.62. The van der Waals surface area contributed by atoms with E-state index >= 15 is 0 Å². The van der Waals surface area contributed by atoms with Crippen molar-refractivity contribution in [3.63, 3.8) is 0 Å². The third-order valence-electron chi connectivity index (χ3n) is 4.68. The van der Waals surface area contributed by atoms with Crippen LogP contribution in [0.1, 0.15) is 42.4 Å². The molecule has 3 rings (SSSR count). The molecule has 0 aliphatic carbocycles. The minimum absolute atomic E-state index is 0.118. The van der Waals surface area contributed by atoms with Crippen LogP contribution >= 0.6 is 0 Å². The Morgan fingerprint density at radius 2 is 2.11 bits per heavy atom. The molecule has 9 heteroatoms. The third kappa shape index (κ3) is 4.10. The lowest BCUT2D eigenvalue weighted by Crippen LogP contribution is -2.47. The van der Waals surface area contributed by atoms with Gasteiger partial charge in [0.25, 0.3) is 5.91 Å². The summed E-state index contributed by atoms with van der Waals surface area (Å²) in [4.78, 5) is 20.4. The maximum absolute atomic E-state index is 12.2. The van der Waals surface area contributed by atoms with E-state index in [0.29, 0.717) is 17.8 Å². The van der Waals surface area contributed by atoms with Gasteiger partial charge in [-0.2, -0.15) is 0 Å². The molecule has 1 atom stereocenters. The maximum Gasteiger partial charge on any atom is 0.492 e. The number of hydrogen-bond donors (Lipinski definition) is 3. The molecule has 0 radical (unpaired) electrons. The smallest absolute Gasteiger partial charge is 0.437 e. The van der Waals surface area contributed by atoms with Crippen molar-refractivity contribution in [2.45, 2.75) is 45.9 Å². The van der Waals surface area contributed by atoms with E-state index < -0.39 is 24.7 Å². The average molecular weight is 371 g/mol. The monoisotopic (exact) mass is 371 g/mol. The van der Waals surface area contributed by atoms with Crippen molar-refractivity contribution < 1.29 is 24.3 Å². The number of fused-ring (bicyclic) bond motifs is 1. The van der Waals surface area contributed by atoms with Gasteiger partial charge in [-0.1, -0.05) is 6.07 Å². The number of nitrogens with zero attached hydrogens (tertiary/aromatic N) is 2. The van der Waals surface area contributed by atoms with E-state index in [4.69, 9.17) is 9.39 Å². The number of ether oxygens (including phenoxy) is 1. The molecule has 3 N–H and O–H groups in total. The Kier molecular flexibility index (Phi) is 5.19. The van der Waals surface area contributed by atoms with Gasteiger partial charge < -0.3 is 24.8 Å². The van der Waals surface area contributed by atoms with E-state index in [1.54, 1.807) is 26.8 Å². The summed E-state index contributed by atoms with van der Waals surface area (Å²) in [6, 6.07) is 3.16. The molecule has 1 unspecified atom stereocenters. The predicted molar refractivity (Wildman–Crippen MR) is 98.9 cm³/mol. The van der Waals surface area contributed by atoms with Crippen LogP contribution in [0, 0.1) is 6.92 Å². The van der Waals surface area contributed by atoms with E-state index in [1.165, 1.54) is 12.4 Å². The molecule has 0 fully saturated rings. The standard InChI is InChI=1S/C18H22BN3O5/c1-10-14(6-5-12-9-26-19(25)16(10)12)27-15-8-20-13(7-21-15)17(23)22-11(2)18(3,4)24/h5-8,11,24-25H,9H2,1-4H3,(H,22,23). The van der Waals surface area contributed by atoms with Gasteiger partial charge in [-0.15, -0.1) is 0 Å². The van der Waals surface area contributed by atoms with Crippen LogP contribution in [-0.2, 0) is 11.3 Å². The second-order valence-corrected chi connectivity index (χ2v) is 7.12. The first-order valence-electron chi connectivity index (χ1n) is 8.62.